The lowest BCUT2D eigenvalue weighted by Crippen LogP contribution is -2.58. The molecule has 0 radical (unpaired) electrons. The van der Waals surface area contributed by atoms with E-state index < -0.39 is 29.9 Å². The Kier molecular flexibility index (Phi) is 3.43. The van der Waals surface area contributed by atoms with Gasteiger partial charge in [-0.15, -0.1) is 0 Å². The Bertz CT molecular complexity index is 504. The summed E-state index contributed by atoms with van der Waals surface area (Å²) in [5.41, 5.74) is -1.14. The third-order valence-electron chi connectivity index (χ3n) is 3.12. The fourth-order valence-corrected chi connectivity index (χ4v) is 1.94. The monoisotopic (exact) mass is 297 g/mol. The van der Waals surface area contributed by atoms with Crippen LogP contribution in [0.3, 0.4) is 0 Å². The molecule has 0 spiro atoms. The van der Waals surface area contributed by atoms with E-state index >= 15 is 0 Å². The summed E-state index contributed by atoms with van der Waals surface area (Å²) in [5, 5.41) is 0. The van der Waals surface area contributed by atoms with Crippen molar-refractivity contribution in [3.8, 4) is 0 Å². The first-order valence-corrected chi connectivity index (χ1v) is 5.65. The smallest absolute Gasteiger partial charge is 0.326 e. The van der Waals surface area contributed by atoms with E-state index in [1.807, 2.05) is 0 Å². The van der Waals surface area contributed by atoms with Crippen molar-refractivity contribution in [2.45, 2.75) is 24.8 Å². The number of likely N-dealkylation sites (tertiary alicyclic amines) is 1. The molecule has 0 aliphatic carbocycles. The molecule has 1 amide bonds. The predicted molar refractivity (Wildman–Crippen MR) is 56.9 cm³/mol. The second-order valence-electron chi connectivity index (χ2n) is 4.42. The average molecular weight is 297 g/mol. The highest BCUT2D eigenvalue weighted by Gasteiger charge is 2.50. The third-order valence-corrected chi connectivity index (χ3v) is 3.12. The number of hydrogen-bond donors (Lipinski definition) is 0. The molecule has 2 rings (SSSR count). The maximum Gasteiger partial charge on any atom is 0.416 e. The minimum absolute atomic E-state index is 0.0516. The zero-order chi connectivity index (χ0) is 15.1. The summed E-state index contributed by atoms with van der Waals surface area (Å²) >= 11 is 0. The van der Waals surface area contributed by atoms with Crippen LogP contribution in [-0.2, 0) is 6.18 Å². The van der Waals surface area contributed by atoms with Gasteiger partial charge in [-0.25, -0.2) is 0 Å². The van der Waals surface area contributed by atoms with E-state index in [9.17, 15) is 31.1 Å². The first-order chi connectivity index (χ1) is 9.10. The molecule has 0 saturated carbocycles. The number of alkyl halides is 6. The number of benzene rings is 1. The fourth-order valence-electron chi connectivity index (χ4n) is 1.94. The van der Waals surface area contributed by atoms with Gasteiger partial charge in [-0.1, -0.05) is 0 Å². The first-order valence-electron chi connectivity index (χ1n) is 5.65. The van der Waals surface area contributed by atoms with Gasteiger partial charge in [-0.3, -0.25) is 4.79 Å². The highest BCUT2D eigenvalue weighted by Crippen LogP contribution is 2.35. The number of nitrogens with zero attached hydrogens (tertiary/aromatic N) is 1. The van der Waals surface area contributed by atoms with Gasteiger partial charge in [0.05, 0.1) is 5.56 Å². The predicted octanol–water partition coefficient (Wildman–Crippen LogP) is 3.48. The molecule has 1 saturated heterocycles. The molecule has 1 unspecified atom stereocenters. The molecule has 0 bridgehead atoms. The summed E-state index contributed by atoms with van der Waals surface area (Å²) in [5.74, 6) is -0.910. The van der Waals surface area contributed by atoms with Crippen LogP contribution in [0.2, 0.25) is 0 Å². The first kappa shape index (κ1) is 14.7. The SMILES string of the molecule is O=C(c1ccc(C(F)(F)F)cc1)N1CCC1C(F)(F)F. The van der Waals surface area contributed by atoms with Gasteiger partial charge in [0.15, 0.2) is 0 Å². The van der Waals surface area contributed by atoms with E-state index in [0.717, 1.165) is 12.1 Å². The maximum atomic E-state index is 12.5. The number of rotatable bonds is 1. The average Bonchev–Trinajstić information content (AvgIpc) is 2.24. The van der Waals surface area contributed by atoms with Crippen molar-refractivity contribution in [1.29, 1.82) is 0 Å². The van der Waals surface area contributed by atoms with E-state index in [-0.39, 0.29) is 18.5 Å². The van der Waals surface area contributed by atoms with Crippen LogP contribution >= 0.6 is 0 Å². The van der Waals surface area contributed by atoms with Crippen LogP contribution in [0.1, 0.15) is 22.3 Å². The highest BCUT2D eigenvalue weighted by molar-refractivity contribution is 5.95. The van der Waals surface area contributed by atoms with Gasteiger partial charge in [-0.05, 0) is 30.7 Å². The summed E-state index contributed by atoms with van der Waals surface area (Å²) in [7, 11) is 0. The summed E-state index contributed by atoms with van der Waals surface area (Å²) in [6, 6.07) is 1.27. The van der Waals surface area contributed by atoms with Crippen LogP contribution < -0.4 is 0 Å². The van der Waals surface area contributed by atoms with E-state index in [2.05, 4.69) is 0 Å². The number of halogens is 6. The standard InChI is InChI=1S/C12H9F6NO/c13-11(14,15)8-3-1-7(2-4-8)10(20)19-6-5-9(19)12(16,17)18/h1-4,9H,5-6H2. The van der Waals surface area contributed by atoms with Crippen molar-refractivity contribution in [3.63, 3.8) is 0 Å². The Hall–Kier alpha value is -1.73. The van der Waals surface area contributed by atoms with Gasteiger partial charge in [0.1, 0.15) is 6.04 Å². The van der Waals surface area contributed by atoms with Gasteiger partial charge in [-0.2, -0.15) is 26.3 Å². The van der Waals surface area contributed by atoms with Gasteiger partial charge in [0, 0.05) is 12.1 Å². The molecular formula is C12H9F6NO. The molecule has 1 fully saturated rings. The van der Waals surface area contributed by atoms with Crippen molar-refractivity contribution >= 4 is 5.91 Å². The Labute approximate surface area is 110 Å². The lowest BCUT2D eigenvalue weighted by Gasteiger charge is -2.41. The summed E-state index contributed by atoms with van der Waals surface area (Å²) in [6.07, 6.45) is -9.25. The van der Waals surface area contributed by atoms with Crippen molar-refractivity contribution in [2.24, 2.45) is 0 Å². The van der Waals surface area contributed by atoms with Crippen molar-refractivity contribution < 1.29 is 31.1 Å². The molecule has 0 N–H and O–H groups in total. The third kappa shape index (κ3) is 2.73. The minimum atomic E-state index is -4.55. The second kappa shape index (κ2) is 4.68. The number of carbonyl (C=O) groups excluding carboxylic acids is 1. The largest absolute Gasteiger partial charge is 0.416 e. The zero-order valence-electron chi connectivity index (χ0n) is 9.92. The molecule has 0 aromatic heterocycles. The summed E-state index contributed by atoms with van der Waals surface area (Å²) in [6.45, 7) is -0.0516. The highest BCUT2D eigenvalue weighted by atomic mass is 19.4. The van der Waals surface area contributed by atoms with E-state index in [1.54, 1.807) is 0 Å². The van der Waals surface area contributed by atoms with Crippen LogP contribution in [0.25, 0.3) is 0 Å². The summed E-state index contributed by atoms with van der Waals surface area (Å²) in [4.78, 5) is 12.4. The molecule has 2 nitrogen and oxygen atoms in total. The van der Waals surface area contributed by atoms with Gasteiger partial charge in [0.2, 0.25) is 0 Å². The normalized spacial score (nSPS) is 19.7. The van der Waals surface area contributed by atoms with Crippen LogP contribution in [0.5, 0.6) is 0 Å². The van der Waals surface area contributed by atoms with Crippen LogP contribution in [0, 0.1) is 0 Å². The molecule has 1 aromatic rings. The topological polar surface area (TPSA) is 20.3 Å². The van der Waals surface area contributed by atoms with Crippen molar-refractivity contribution in [1.82, 2.24) is 4.90 Å². The molecule has 1 aliphatic rings. The second-order valence-corrected chi connectivity index (χ2v) is 4.42. The molecule has 1 aromatic carbocycles. The van der Waals surface area contributed by atoms with Gasteiger partial charge < -0.3 is 4.90 Å². The fraction of sp³-hybridized carbons (Fsp3) is 0.417. The molecule has 1 heterocycles. The van der Waals surface area contributed by atoms with Gasteiger partial charge >= 0.3 is 12.4 Å². The number of carbonyl (C=O) groups is 1. The molecular weight excluding hydrogens is 288 g/mol. The number of hydrogen-bond acceptors (Lipinski definition) is 1. The van der Waals surface area contributed by atoms with E-state index in [1.165, 1.54) is 0 Å². The quantitative estimate of drug-likeness (QED) is 0.727. The Morgan fingerprint density at radius 1 is 1.05 bits per heavy atom. The molecule has 1 aliphatic heterocycles. The molecule has 8 heteroatoms. The van der Waals surface area contributed by atoms with E-state index in [4.69, 9.17) is 0 Å². The van der Waals surface area contributed by atoms with Crippen molar-refractivity contribution in [3.05, 3.63) is 35.4 Å². The van der Waals surface area contributed by atoms with Gasteiger partial charge in [0.25, 0.3) is 5.91 Å². The minimum Gasteiger partial charge on any atom is -0.326 e. The molecule has 1 atom stereocenters. The summed E-state index contributed by atoms with van der Waals surface area (Å²) < 4.78 is 74.5. The Morgan fingerprint density at radius 2 is 1.60 bits per heavy atom. The van der Waals surface area contributed by atoms with E-state index in [0.29, 0.717) is 17.0 Å². The zero-order valence-corrected chi connectivity index (χ0v) is 9.92. The van der Waals surface area contributed by atoms with Crippen LogP contribution in [0.15, 0.2) is 24.3 Å². The Morgan fingerprint density at radius 3 is 1.95 bits per heavy atom. The van der Waals surface area contributed by atoms with Crippen molar-refractivity contribution in [2.75, 3.05) is 6.54 Å². The van der Waals surface area contributed by atoms with Crippen LogP contribution in [0.4, 0.5) is 26.3 Å². The molecule has 20 heavy (non-hydrogen) atoms. The molecule has 110 valence electrons. The van der Waals surface area contributed by atoms with Crippen LogP contribution in [-0.4, -0.2) is 29.6 Å². The lowest BCUT2D eigenvalue weighted by atomic mass is 10.00. The lowest BCUT2D eigenvalue weighted by molar-refractivity contribution is -0.199. The maximum absolute atomic E-state index is 12.5. The number of amides is 1. The Balaban J connectivity index is 2.15.